The molecule has 1 N–H and O–H groups in total. The van der Waals surface area contributed by atoms with E-state index in [0.717, 1.165) is 43.3 Å². The molecule has 1 saturated heterocycles. The molecule has 3 rings (SSSR count). The monoisotopic (exact) mass is 291 g/mol. The van der Waals surface area contributed by atoms with Crippen molar-refractivity contribution in [3.63, 3.8) is 0 Å². The Hall–Kier alpha value is -1.20. The second-order valence-corrected chi connectivity index (χ2v) is 6.30. The summed E-state index contributed by atoms with van der Waals surface area (Å²) in [7, 11) is 0. The fraction of sp³-hybridized carbons (Fsp3) is 0.750. The van der Waals surface area contributed by atoms with Crippen molar-refractivity contribution in [3.8, 4) is 5.75 Å². The van der Waals surface area contributed by atoms with Crippen LogP contribution in [0.2, 0.25) is 0 Å². The first kappa shape index (κ1) is 14.7. The van der Waals surface area contributed by atoms with Crippen LogP contribution in [0.25, 0.3) is 0 Å². The van der Waals surface area contributed by atoms with Crippen LogP contribution in [-0.4, -0.2) is 35.3 Å². The first-order valence-corrected chi connectivity index (χ1v) is 8.06. The molecule has 1 atom stereocenters. The van der Waals surface area contributed by atoms with E-state index in [2.05, 4.69) is 29.1 Å². The summed E-state index contributed by atoms with van der Waals surface area (Å²) in [6, 6.07) is 0.661. The van der Waals surface area contributed by atoms with E-state index in [0.29, 0.717) is 18.6 Å². The molecule has 1 saturated carbocycles. The molecule has 0 spiro atoms. The summed E-state index contributed by atoms with van der Waals surface area (Å²) in [5.41, 5.74) is 0.971. The van der Waals surface area contributed by atoms with Gasteiger partial charge in [-0.1, -0.05) is 13.8 Å². The van der Waals surface area contributed by atoms with Crippen LogP contribution >= 0.6 is 0 Å². The highest BCUT2D eigenvalue weighted by molar-refractivity contribution is 5.25. The number of aromatic nitrogens is 2. The van der Waals surface area contributed by atoms with Gasteiger partial charge in [0.05, 0.1) is 18.0 Å². The van der Waals surface area contributed by atoms with E-state index in [1.807, 2.05) is 6.20 Å². The van der Waals surface area contributed by atoms with Gasteiger partial charge in [0.2, 0.25) is 0 Å². The number of ether oxygens (including phenoxy) is 2. The van der Waals surface area contributed by atoms with Crippen LogP contribution < -0.4 is 10.1 Å². The minimum Gasteiger partial charge on any atom is -0.487 e. The van der Waals surface area contributed by atoms with E-state index in [-0.39, 0.29) is 6.10 Å². The normalized spacial score (nSPS) is 22.0. The van der Waals surface area contributed by atoms with Crippen molar-refractivity contribution in [1.82, 2.24) is 15.3 Å². The van der Waals surface area contributed by atoms with Gasteiger partial charge in [0.25, 0.3) is 0 Å². The zero-order valence-electron chi connectivity index (χ0n) is 13.0. The second kappa shape index (κ2) is 6.71. The summed E-state index contributed by atoms with van der Waals surface area (Å²) >= 11 is 0. The highest BCUT2D eigenvalue weighted by atomic mass is 16.5. The first-order chi connectivity index (χ1) is 10.2. The third-order valence-corrected chi connectivity index (χ3v) is 3.95. The van der Waals surface area contributed by atoms with Crippen LogP contribution in [0.1, 0.15) is 57.0 Å². The molecular formula is C16H25N3O2. The Balaban J connectivity index is 1.66. The maximum atomic E-state index is 5.92. The smallest absolute Gasteiger partial charge is 0.160 e. The molecule has 0 aromatic carbocycles. The van der Waals surface area contributed by atoms with Crippen molar-refractivity contribution >= 4 is 0 Å². The first-order valence-electron chi connectivity index (χ1n) is 8.06. The predicted octanol–water partition coefficient (Wildman–Crippen LogP) is 2.41. The number of hydrogen-bond donors (Lipinski definition) is 1. The van der Waals surface area contributed by atoms with Crippen LogP contribution in [-0.2, 0) is 11.3 Å². The van der Waals surface area contributed by atoms with Gasteiger partial charge in [-0.25, -0.2) is 9.97 Å². The van der Waals surface area contributed by atoms with Crippen molar-refractivity contribution in [3.05, 3.63) is 17.7 Å². The van der Waals surface area contributed by atoms with E-state index >= 15 is 0 Å². The van der Waals surface area contributed by atoms with Gasteiger partial charge in [-0.15, -0.1) is 0 Å². The quantitative estimate of drug-likeness (QED) is 0.836. The molecule has 5 heteroatoms. The van der Waals surface area contributed by atoms with Gasteiger partial charge in [-0.2, -0.15) is 0 Å². The molecule has 1 aromatic rings. The molecule has 1 aliphatic carbocycles. The molecule has 1 aromatic heterocycles. The van der Waals surface area contributed by atoms with Crippen LogP contribution in [0, 0.1) is 0 Å². The lowest BCUT2D eigenvalue weighted by atomic mass is 10.2. The fourth-order valence-corrected chi connectivity index (χ4v) is 2.43. The molecule has 2 aliphatic rings. The minimum atomic E-state index is 0.221. The Morgan fingerprint density at radius 3 is 2.90 bits per heavy atom. The van der Waals surface area contributed by atoms with Crippen LogP contribution in [0.3, 0.4) is 0 Å². The van der Waals surface area contributed by atoms with Gasteiger partial charge in [-0.05, 0) is 25.7 Å². The zero-order valence-corrected chi connectivity index (χ0v) is 13.0. The SMILES string of the molecule is CC(C)c1ncc(OCC2CCCO2)c(CNC2CC2)n1. The molecule has 116 valence electrons. The Kier molecular flexibility index (Phi) is 4.70. The topological polar surface area (TPSA) is 56.3 Å². The standard InChI is InChI=1S/C16H25N3O2/c1-11(2)16-18-9-15(21-10-13-4-3-7-20-13)14(19-16)8-17-12-5-6-12/h9,11-13,17H,3-8,10H2,1-2H3. The summed E-state index contributed by atoms with van der Waals surface area (Å²) < 4.78 is 11.5. The molecule has 21 heavy (non-hydrogen) atoms. The molecule has 5 nitrogen and oxygen atoms in total. The van der Waals surface area contributed by atoms with Crippen molar-refractivity contribution in [2.75, 3.05) is 13.2 Å². The second-order valence-electron chi connectivity index (χ2n) is 6.30. The Morgan fingerprint density at radius 2 is 2.24 bits per heavy atom. The van der Waals surface area contributed by atoms with E-state index < -0.39 is 0 Å². The summed E-state index contributed by atoms with van der Waals surface area (Å²) in [6.07, 6.45) is 6.80. The van der Waals surface area contributed by atoms with Crippen LogP contribution in [0.5, 0.6) is 5.75 Å². The maximum Gasteiger partial charge on any atom is 0.160 e. The van der Waals surface area contributed by atoms with Crippen LogP contribution in [0.15, 0.2) is 6.20 Å². The number of nitrogens with zero attached hydrogens (tertiary/aromatic N) is 2. The predicted molar refractivity (Wildman–Crippen MR) is 80.5 cm³/mol. The summed E-state index contributed by atoms with van der Waals surface area (Å²) in [5, 5.41) is 3.51. The number of nitrogens with one attached hydrogen (secondary N) is 1. The number of hydrogen-bond acceptors (Lipinski definition) is 5. The molecule has 0 amide bonds. The van der Waals surface area contributed by atoms with Crippen molar-refractivity contribution in [1.29, 1.82) is 0 Å². The molecule has 1 aliphatic heterocycles. The average molecular weight is 291 g/mol. The third-order valence-electron chi connectivity index (χ3n) is 3.95. The molecule has 0 bridgehead atoms. The largest absolute Gasteiger partial charge is 0.487 e. The van der Waals surface area contributed by atoms with Gasteiger partial charge in [-0.3, -0.25) is 0 Å². The van der Waals surface area contributed by atoms with E-state index in [1.54, 1.807) is 0 Å². The number of rotatable bonds is 7. The van der Waals surface area contributed by atoms with Crippen LogP contribution in [0.4, 0.5) is 0 Å². The zero-order chi connectivity index (χ0) is 14.7. The fourth-order valence-electron chi connectivity index (χ4n) is 2.43. The van der Waals surface area contributed by atoms with E-state index in [9.17, 15) is 0 Å². The highest BCUT2D eigenvalue weighted by Crippen LogP contribution is 2.23. The Bertz CT molecular complexity index is 469. The van der Waals surface area contributed by atoms with Gasteiger partial charge < -0.3 is 14.8 Å². The van der Waals surface area contributed by atoms with Gasteiger partial charge in [0, 0.05) is 25.1 Å². The maximum absolute atomic E-state index is 5.92. The molecule has 2 fully saturated rings. The molecule has 1 unspecified atom stereocenters. The minimum absolute atomic E-state index is 0.221. The van der Waals surface area contributed by atoms with Crippen molar-refractivity contribution in [2.24, 2.45) is 0 Å². The van der Waals surface area contributed by atoms with Crippen molar-refractivity contribution in [2.45, 2.75) is 64.1 Å². The van der Waals surface area contributed by atoms with Crippen molar-refractivity contribution < 1.29 is 9.47 Å². The lowest BCUT2D eigenvalue weighted by Gasteiger charge is -2.15. The summed E-state index contributed by atoms with van der Waals surface area (Å²) in [4.78, 5) is 9.10. The van der Waals surface area contributed by atoms with E-state index in [1.165, 1.54) is 12.8 Å². The van der Waals surface area contributed by atoms with Gasteiger partial charge in [0.1, 0.15) is 12.4 Å². The third kappa shape index (κ3) is 4.14. The molecule has 0 radical (unpaired) electrons. The molecular weight excluding hydrogens is 266 g/mol. The summed E-state index contributed by atoms with van der Waals surface area (Å²) in [5.74, 6) is 2.01. The van der Waals surface area contributed by atoms with Gasteiger partial charge in [0.15, 0.2) is 5.75 Å². The Labute approximate surface area is 126 Å². The summed E-state index contributed by atoms with van der Waals surface area (Å²) in [6.45, 7) is 6.43. The lowest BCUT2D eigenvalue weighted by Crippen LogP contribution is -2.21. The molecule has 2 heterocycles. The Morgan fingerprint density at radius 1 is 1.38 bits per heavy atom. The average Bonchev–Trinajstić information content (AvgIpc) is 3.17. The lowest BCUT2D eigenvalue weighted by molar-refractivity contribution is 0.0672. The van der Waals surface area contributed by atoms with Gasteiger partial charge >= 0.3 is 0 Å². The van der Waals surface area contributed by atoms with E-state index in [4.69, 9.17) is 9.47 Å². The highest BCUT2D eigenvalue weighted by Gasteiger charge is 2.22.